The van der Waals surface area contributed by atoms with Crippen LogP contribution in [0.2, 0.25) is 0 Å². The first kappa shape index (κ1) is 20.4. The number of ether oxygens (including phenoxy) is 1. The normalized spacial score (nSPS) is 16.2. The lowest BCUT2D eigenvalue weighted by molar-refractivity contribution is 0.0926. The van der Waals surface area contributed by atoms with Crippen LogP contribution in [0, 0.1) is 6.92 Å². The number of likely N-dealkylation sites (tertiary alicyclic amines) is 1. The first-order chi connectivity index (χ1) is 13.6. The van der Waals surface area contributed by atoms with E-state index >= 15 is 0 Å². The summed E-state index contributed by atoms with van der Waals surface area (Å²) in [4.78, 5) is 15.0. The zero-order valence-corrected chi connectivity index (χ0v) is 17.1. The molecule has 1 saturated heterocycles. The fourth-order valence-corrected chi connectivity index (χ4v) is 3.52. The maximum Gasteiger partial charge on any atom is 0.251 e. The van der Waals surface area contributed by atoms with E-state index in [1.54, 1.807) is 0 Å². The summed E-state index contributed by atoms with van der Waals surface area (Å²) >= 11 is 0. The first-order valence-corrected chi connectivity index (χ1v) is 10.4. The van der Waals surface area contributed by atoms with Gasteiger partial charge in [0, 0.05) is 12.1 Å². The summed E-state index contributed by atoms with van der Waals surface area (Å²) in [7, 11) is 0. The molecule has 28 heavy (non-hydrogen) atoms. The van der Waals surface area contributed by atoms with Crippen molar-refractivity contribution in [1.29, 1.82) is 0 Å². The summed E-state index contributed by atoms with van der Waals surface area (Å²) in [6.07, 6.45) is 5.29. The molecule has 1 aliphatic heterocycles. The van der Waals surface area contributed by atoms with Crippen LogP contribution in [0.25, 0.3) is 0 Å². The lowest BCUT2D eigenvalue weighted by Crippen LogP contribution is -2.36. The molecule has 0 spiro atoms. The molecule has 1 amide bonds. The van der Waals surface area contributed by atoms with Crippen LogP contribution in [0.1, 0.15) is 54.1 Å². The van der Waals surface area contributed by atoms with Gasteiger partial charge in [0.1, 0.15) is 12.4 Å². The number of aryl methyl sites for hydroxylation is 1. The van der Waals surface area contributed by atoms with Gasteiger partial charge in [-0.2, -0.15) is 0 Å². The summed E-state index contributed by atoms with van der Waals surface area (Å²) in [5, 5.41) is 3.01. The molecule has 2 aromatic rings. The van der Waals surface area contributed by atoms with Gasteiger partial charge in [-0.25, -0.2) is 0 Å². The fourth-order valence-electron chi connectivity index (χ4n) is 3.52. The van der Waals surface area contributed by atoms with Gasteiger partial charge in [-0.05, 0) is 69.6 Å². The van der Waals surface area contributed by atoms with Crippen molar-refractivity contribution in [2.45, 2.75) is 52.1 Å². The second-order valence-corrected chi connectivity index (χ2v) is 7.89. The standard InChI is InChI=1S/C24H32N2O2/c1-19-7-13-23(14-8-19)28-18-20(2)25-24(27)22-11-9-21(10-12-22)17-26-15-5-3-4-6-16-26/h7-14,20H,3-6,15-18H2,1-2H3,(H,25,27). The van der Waals surface area contributed by atoms with Gasteiger partial charge >= 0.3 is 0 Å². The van der Waals surface area contributed by atoms with Crippen LogP contribution in [-0.2, 0) is 6.54 Å². The van der Waals surface area contributed by atoms with Crippen LogP contribution >= 0.6 is 0 Å². The van der Waals surface area contributed by atoms with E-state index in [1.807, 2.05) is 50.2 Å². The molecule has 4 heteroatoms. The fraction of sp³-hybridized carbons (Fsp3) is 0.458. The highest BCUT2D eigenvalue weighted by Gasteiger charge is 2.12. The number of amides is 1. The number of rotatable bonds is 7. The molecular weight excluding hydrogens is 348 g/mol. The van der Waals surface area contributed by atoms with E-state index in [0.717, 1.165) is 12.3 Å². The summed E-state index contributed by atoms with van der Waals surface area (Å²) in [6.45, 7) is 7.79. The molecule has 1 aliphatic rings. The van der Waals surface area contributed by atoms with Crippen molar-refractivity contribution in [3.05, 3.63) is 65.2 Å². The van der Waals surface area contributed by atoms with E-state index in [9.17, 15) is 4.79 Å². The topological polar surface area (TPSA) is 41.6 Å². The molecule has 0 bridgehead atoms. The number of nitrogens with one attached hydrogen (secondary N) is 1. The maximum atomic E-state index is 12.5. The summed E-state index contributed by atoms with van der Waals surface area (Å²) in [5.74, 6) is 0.769. The van der Waals surface area contributed by atoms with Crippen molar-refractivity contribution in [1.82, 2.24) is 10.2 Å². The number of carbonyl (C=O) groups excluding carboxylic acids is 1. The van der Waals surface area contributed by atoms with Crippen molar-refractivity contribution in [2.24, 2.45) is 0 Å². The smallest absolute Gasteiger partial charge is 0.251 e. The van der Waals surface area contributed by atoms with Gasteiger partial charge in [0.15, 0.2) is 0 Å². The molecule has 1 heterocycles. The monoisotopic (exact) mass is 380 g/mol. The third-order valence-electron chi connectivity index (χ3n) is 5.22. The molecule has 2 aromatic carbocycles. The molecule has 0 aliphatic carbocycles. The van der Waals surface area contributed by atoms with Gasteiger partial charge in [0.2, 0.25) is 0 Å². The summed E-state index contributed by atoms with van der Waals surface area (Å²) < 4.78 is 5.75. The SMILES string of the molecule is Cc1ccc(OCC(C)NC(=O)c2ccc(CN3CCCCCC3)cc2)cc1. The van der Waals surface area contributed by atoms with E-state index in [1.165, 1.54) is 49.9 Å². The van der Waals surface area contributed by atoms with Crippen LogP contribution in [0.15, 0.2) is 48.5 Å². The van der Waals surface area contributed by atoms with Gasteiger partial charge in [0.05, 0.1) is 6.04 Å². The molecule has 1 atom stereocenters. The van der Waals surface area contributed by atoms with Crippen molar-refractivity contribution < 1.29 is 9.53 Å². The maximum absolute atomic E-state index is 12.5. The zero-order chi connectivity index (χ0) is 19.8. The molecule has 150 valence electrons. The van der Waals surface area contributed by atoms with Gasteiger partial charge in [0.25, 0.3) is 5.91 Å². The Morgan fingerprint density at radius 2 is 1.64 bits per heavy atom. The summed E-state index contributed by atoms with van der Waals surface area (Å²) in [6, 6.07) is 15.9. The van der Waals surface area contributed by atoms with E-state index in [4.69, 9.17) is 4.74 Å². The Balaban J connectivity index is 1.46. The van der Waals surface area contributed by atoms with Crippen molar-refractivity contribution >= 4 is 5.91 Å². The minimum Gasteiger partial charge on any atom is -0.491 e. The van der Waals surface area contributed by atoms with Gasteiger partial charge in [-0.15, -0.1) is 0 Å². The van der Waals surface area contributed by atoms with E-state index in [-0.39, 0.29) is 11.9 Å². The highest BCUT2D eigenvalue weighted by Crippen LogP contribution is 2.14. The van der Waals surface area contributed by atoms with Gasteiger partial charge < -0.3 is 10.1 Å². The van der Waals surface area contributed by atoms with E-state index < -0.39 is 0 Å². The number of nitrogens with zero attached hydrogens (tertiary/aromatic N) is 1. The minimum atomic E-state index is -0.0643. The largest absolute Gasteiger partial charge is 0.491 e. The number of carbonyl (C=O) groups is 1. The Kier molecular flexibility index (Phi) is 7.49. The summed E-state index contributed by atoms with van der Waals surface area (Å²) in [5.41, 5.74) is 3.17. The molecule has 0 radical (unpaired) electrons. The van der Waals surface area contributed by atoms with Crippen molar-refractivity contribution in [2.75, 3.05) is 19.7 Å². The highest BCUT2D eigenvalue weighted by molar-refractivity contribution is 5.94. The zero-order valence-electron chi connectivity index (χ0n) is 17.1. The Morgan fingerprint density at radius 3 is 2.29 bits per heavy atom. The molecule has 1 unspecified atom stereocenters. The molecular formula is C24H32N2O2. The Bertz CT molecular complexity index is 732. The third kappa shape index (κ3) is 6.38. The van der Waals surface area contributed by atoms with Crippen LogP contribution in [0.5, 0.6) is 5.75 Å². The molecule has 1 fully saturated rings. The van der Waals surface area contributed by atoms with Crippen LogP contribution in [-0.4, -0.2) is 36.5 Å². The van der Waals surface area contributed by atoms with Crippen LogP contribution in [0.4, 0.5) is 0 Å². The Labute approximate surface area is 168 Å². The van der Waals surface area contributed by atoms with Gasteiger partial charge in [-0.1, -0.05) is 42.7 Å². The molecule has 1 N–H and O–H groups in total. The highest BCUT2D eigenvalue weighted by atomic mass is 16.5. The quantitative estimate of drug-likeness (QED) is 0.765. The molecule has 0 aromatic heterocycles. The lowest BCUT2D eigenvalue weighted by Gasteiger charge is -2.20. The van der Waals surface area contributed by atoms with E-state index in [2.05, 4.69) is 22.3 Å². The van der Waals surface area contributed by atoms with E-state index in [0.29, 0.717) is 12.2 Å². The third-order valence-corrected chi connectivity index (χ3v) is 5.22. The minimum absolute atomic E-state index is 0.0543. The number of hydrogen-bond acceptors (Lipinski definition) is 3. The Hall–Kier alpha value is -2.33. The second kappa shape index (κ2) is 10.3. The average molecular weight is 381 g/mol. The van der Waals surface area contributed by atoms with Crippen molar-refractivity contribution in [3.8, 4) is 5.75 Å². The second-order valence-electron chi connectivity index (χ2n) is 7.89. The number of benzene rings is 2. The van der Waals surface area contributed by atoms with Crippen LogP contribution < -0.4 is 10.1 Å². The predicted octanol–water partition coefficient (Wildman–Crippen LogP) is 4.57. The first-order valence-electron chi connectivity index (χ1n) is 10.4. The molecule has 0 saturated carbocycles. The average Bonchev–Trinajstić information content (AvgIpc) is 2.97. The Morgan fingerprint density at radius 1 is 1.00 bits per heavy atom. The van der Waals surface area contributed by atoms with Gasteiger partial charge in [-0.3, -0.25) is 9.69 Å². The number of hydrogen-bond donors (Lipinski definition) is 1. The lowest BCUT2D eigenvalue weighted by atomic mass is 10.1. The molecule has 4 nitrogen and oxygen atoms in total. The van der Waals surface area contributed by atoms with Crippen LogP contribution in [0.3, 0.4) is 0 Å². The predicted molar refractivity (Wildman–Crippen MR) is 114 cm³/mol. The van der Waals surface area contributed by atoms with Crippen molar-refractivity contribution in [3.63, 3.8) is 0 Å². The molecule has 3 rings (SSSR count).